The zero-order chi connectivity index (χ0) is 27.7. The fourth-order valence-electron chi connectivity index (χ4n) is 4.84. The maximum atomic E-state index is 13.4. The summed E-state index contributed by atoms with van der Waals surface area (Å²) in [5, 5.41) is 0.835. The Hall–Kier alpha value is -3.76. The quantitative estimate of drug-likeness (QED) is 0.313. The van der Waals surface area contributed by atoms with E-state index in [1.165, 1.54) is 22.7 Å². The van der Waals surface area contributed by atoms with Gasteiger partial charge in [0.05, 0.1) is 35.4 Å². The molecule has 1 amide bonds. The number of thiophene rings is 1. The monoisotopic (exact) mass is 565 g/mol. The smallest absolute Gasteiger partial charge is 0.264 e. The number of ether oxygens (including phenoxy) is 2. The van der Waals surface area contributed by atoms with Crippen LogP contribution < -0.4 is 18.7 Å². The highest BCUT2D eigenvalue weighted by atomic mass is 32.2. The van der Waals surface area contributed by atoms with Crippen molar-refractivity contribution >= 4 is 48.7 Å². The molecule has 0 aliphatic carbocycles. The normalized spacial score (nSPS) is 13.9. The molecule has 3 aromatic carbocycles. The molecule has 10 heteroatoms. The van der Waals surface area contributed by atoms with E-state index in [9.17, 15) is 13.2 Å². The lowest BCUT2D eigenvalue weighted by Gasteiger charge is -2.36. The second-order valence-corrected chi connectivity index (χ2v) is 12.4. The lowest BCUT2D eigenvalue weighted by molar-refractivity contribution is 0.0751. The zero-order valence-corrected chi connectivity index (χ0v) is 24.0. The van der Waals surface area contributed by atoms with Crippen LogP contribution in [0.3, 0.4) is 0 Å². The number of fused-ring (bicyclic) bond motifs is 1. The van der Waals surface area contributed by atoms with Gasteiger partial charge in [0.15, 0.2) is 0 Å². The number of aryl methyl sites for hydroxylation is 1. The number of hydrogen-bond acceptors (Lipinski definition) is 7. The first-order chi connectivity index (χ1) is 18.7. The third-order valence-corrected chi connectivity index (χ3v) is 9.98. The van der Waals surface area contributed by atoms with Gasteiger partial charge in [0.2, 0.25) is 0 Å². The van der Waals surface area contributed by atoms with Crippen LogP contribution in [0.5, 0.6) is 11.5 Å². The van der Waals surface area contributed by atoms with Gasteiger partial charge in [-0.25, -0.2) is 8.42 Å². The first kappa shape index (κ1) is 26.8. The molecule has 5 rings (SSSR count). The molecule has 0 saturated carbocycles. The van der Waals surface area contributed by atoms with Crippen LogP contribution >= 0.6 is 11.3 Å². The molecule has 0 unspecified atom stereocenters. The van der Waals surface area contributed by atoms with Gasteiger partial charge in [-0.15, -0.1) is 11.3 Å². The van der Waals surface area contributed by atoms with E-state index in [-0.39, 0.29) is 10.8 Å². The number of anilines is 2. The van der Waals surface area contributed by atoms with Crippen molar-refractivity contribution in [3.8, 4) is 11.5 Å². The number of carbonyl (C=O) groups is 1. The second-order valence-electron chi connectivity index (χ2n) is 9.39. The first-order valence-electron chi connectivity index (χ1n) is 12.6. The van der Waals surface area contributed by atoms with Crippen molar-refractivity contribution in [1.29, 1.82) is 0 Å². The van der Waals surface area contributed by atoms with Crippen LogP contribution in [0.2, 0.25) is 0 Å². The maximum Gasteiger partial charge on any atom is 0.264 e. The predicted octanol–water partition coefficient (Wildman–Crippen LogP) is 5.01. The lowest BCUT2D eigenvalue weighted by atomic mass is 10.2. The highest BCUT2D eigenvalue weighted by molar-refractivity contribution is 7.92. The van der Waals surface area contributed by atoms with Crippen LogP contribution in [0, 0.1) is 6.92 Å². The molecule has 1 fully saturated rings. The van der Waals surface area contributed by atoms with Gasteiger partial charge in [0.25, 0.3) is 15.9 Å². The number of piperazine rings is 1. The average molecular weight is 566 g/mol. The van der Waals surface area contributed by atoms with Gasteiger partial charge in [-0.05, 0) is 72.5 Å². The SMILES string of the molecule is COc1ccc(S(=O)(=O)N(C)c2ccc3sc(C(=O)N4CCN(c5ccccc5OC)CC4)cc3c2)cc1C. The van der Waals surface area contributed by atoms with Crippen molar-refractivity contribution in [1.82, 2.24) is 4.90 Å². The van der Waals surface area contributed by atoms with Crippen LogP contribution in [0.15, 0.2) is 71.6 Å². The van der Waals surface area contributed by atoms with Gasteiger partial charge in [-0.2, -0.15) is 0 Å². The molecule has 0 radical (unpaired) electrons. The van der Waals surface area contributed by atoms with Gasteiger partial charge < -0.3 is 19.3 Å². The highest BCUT2D eigenvalue weighted by Crippen LogP contribution is 2.33. The minimum absolute atomic E-state index is 0.00730. The molecule has 1 aliphatic rings. The summed E-state index contributed by atoms with van der Waals surface area (Å²) >= 11 is 1.43. The summed E-state index contributed by atoms with van der Waals surface area (Å²) < 4.78 is 39.6. The van der Waals surface area contributed by atoms with E-state index in [1.807, 2.05) is 54.3 Å². The largest absolute Gasteiger partial charge is 0.496 e. The molecular weight excluding hydrogens is 534 g/mol. The Balaban J connectivity index is 1.32. The van der Waals surface area contributed by atoms with Crippen molar-refractivity contribution < 1.29 is 22.7 Å². The molecule has 204 valence electrons. The second kappa shape index (κ2) is 10.8. The summed E-state index contributed by atoms with van der Waals surface area (Å²) in [5.74, 6) is 1.45. The number of hydrogen-bond donors (Lipinski definition) is 0. The molecule has 4 aromatic rings. The van der Waals surface area contributed by atoms with Crippen LogP contribution in [0.4, 0.5) is 11.4 Å². The summed E-state index contributed by atoms with van der Waals surface area (Å²) in [6.45, 7) is 4.47. The summed E-state index contributed by atoms with van der Waals surface area (Å²) in [5.41, 5.74) is 2.30. The van der Waals surface area contributed by atoms with E-state index in [1.54, 1.807) is 38.5 Å². The number of methoxy groups -OCH3 is 2. The molecule has 0 atom stereocenters. The Bertz CT molecular complexity index is 1630. The van der Waals surface area contributed by atoms with Crippen LogP contribution in [0.1, 0.15) is 15.2 Å². The third kappa shape index (κ3) is 5.14. The molecule has 1 aromatic heterocycles. The van der Waals surface area contributed by atoms with Gasteiger partial charge in [0.1, 0.15) is 11.5 Å². The average Bonchev–Trinajstić information content (AvgIpc) is 3.40. The molecule has 39 heavy (non-hydrogen) atoms. The topological polar surface area (TPSA) is 79.4 Å². The molecule has 2 heterocycles. The minimum Gasteiger partial charge on any atom is -0.496 e. The Morgan fingerprint density at radius 2 is 1.62 bits per heavy atom. The zero-order valence-electron chi connectivity index (χ0n) is 22.4. The fourth-order valence-corrected chi connectivity index (χ4v) is 7.12. The van der Waals surface area contributed by atoms with Gasteiger partial charge in [-0.3, -0.25) is 9.10 Å². The van der Waals surface area contributed by atoms with Crippen LogP contribution in [-0.4, -0.2) is 66.7 Å². The number of carbonyl (C=O) groups excluding carboxylic acids is 1. The number of rotatable bonds is 7. The lowest BCUT2D eigenvalue weighted by Crippen LogP contribution is -2.48. The molecule has 0 N–H and O–H groups in total. The highest BCUT2D eigenvalue weighted by Gasteiger charge is 2.26. The van der Waals surface area contributed by atoms with Crippen molar-refractivity contribution in [3.63, 3.8) is 0 Å². The minimum atomic E-state index is -3.78. The maximum absolute atomic E-state index is 13.4. The third-order valence-electron chi connectivity index (χ3n) is 7.09. The number of nitrogens with zero attached hydrogens (tertiary/aromatic N) is 3. The van der Waals surface area contributed by atoms with E-state index < -0.39 is 10.0 Å². The molecule has 0 spiro atoms. The van der Waals surface area contributed by atoms with E-state index >= 15 is 0 Å². The van der Waals surface area contributed by atoms with Gasteiger partial charge in [0, 0.05) is 37.9 Å². The standard InChI is InChI=1S/C29H31N3O5S2/c1-20-17-23(10-11-25(20)36-3)39(34,35)30(2)22-9-12-27-21(18-22)19-28(38-27)29(33)32-15-13-31(14-16-32)24-7-5-6-8-26(24)37-4/h5-12,17-19H,13-16H2,1-4H3. The predicted molar refractivity (Wildman–Crippen MR) is 156 cm³/mol. The Morgan fingerprint density at radius 3 is 2.31 bits per heavy atom. The molecule has 0 bridgehead atoms. The van der Waals surface area contributed by atoms with E-state index in [0.29, 0.717) is 42.5 Å². The molecule has 1 aliphatic heterocycles. The van der Waals surface area contributed by atoms with Crippen LogP contribution in [-0.2, 0) is 10.0 Å². The van der Waals surface area contributed by atoms with Crippen molar-refractivity contribution in [2.45, 2.75) is 11.8 Å². The molecule has 1 saturated heterocycles. The van der Waals surface area contributed by atoms with Gasteiger partial charge in [-0.1, -0.05) is 12.1 Å². The Kier molecular flexibility index (Phi) is 7.42. The molecular formula is C29H31N3O5S2. The number of amides is 1. The summed E-state index contributed by atoms with van der Waals surface area (Å²) in [7, 11) is 0.982. The molecule has 8 nitrogen and oxygen atoms in total. The van der Waals surface area contributed by atoms with E-state index in [0.717, 1.165) is 27.1 Å². The van der Waals surface area contributed by atoms with E-state index in [2.05, 4.69) is 4.90 Å². The Morgan fingerprint density at radius 1 is 0.897 bits per heavy atom. The summed E-state index contributed by atoms with van der Waals surface area (Å²) in [6, 6.07) is 20.0. The summed E-state index contributed by atoms with van der Waals surface area (Å²) in [4.78, 5) is 18.3. The Labute approximate surface area is 233 Å². The van der Waals surface area contributed by atoms with Crippen molar-refractivity contribution in [2.75, 3.05) is 56.7 Å². The number of benzene rings is 3. The van der Waals surface area contributed by atoms with Crippen molar-refractivity contribution in [3.05, 3.63) is 77.2 Å². The number of para-hydroxylation sites is 2. The van der Waals surface area contributed by atoms with Crippen LogP contribution in [0.25, 0.3) is 10.1 Å². The number of sulfonamides is 1. The van der Waals surface area contributed by atoms with Gasteiger partial charge >= 0.3 is 0 Å². The first-order valence-corrected chi connectivity index (χ1v) is 14.8. The summed E-state index contributed by atoms with van der Waals surface area (Å²) in [6.07, 6.45) is 0. The fraction of sp³-hybridized carbons (Fsp3) is 0.276. The van der Waals surface area contributed by atoms with Crippen molar-refractivity contribution in [2.24, 2.45) is 0 Å². The van der Waals surface area contributed by atoms with E-state index in [4.69, 9.17) is 9.47 Å².